The first-order valence-corrected chi connectivity index (χ1v) is 50.4. The van der Waals surface area contributed by atoms with E-state index in [1.165, 1.54) is 0 Å². The van der Waals surface area contributed by atoms with Gasteiger partial charge in [0.2, 0.25) is 0 Å². The van der Waals surface area contributed by atoms with Gasteiger partial charge in [-0.2, -0.15) is 0 Å². The summed E-state index contributed by atoms with van der Waals surface area (Å²) in [5.41, 5.74) is 30.2. The smallest absolute Gasteiger partial charge is 0.338 e. The quantitative estimate of drug-likeness (QED) is 0.0591. The van der Waals surface area contributed by atoms with Gasteiger partial charge < -0.3 is 18.9 Å². The lowest BCUT2D eigenvalue weighted by atomic mass is 10.1. The van der Waals surface area contributed by atoms with E-state index in [0.717, 1.165) is 167 Å². The van der Waals surface area contributed by atoms with Crippen molar-refractivity contribution in [2.24, 2.45) is 0 Å². The molecular formula is C139H88O5Si. The molecule has 0 saturated heterocycles. The van der Waals surface area contributed by atoms with E-state index in [9.17, 15) is 4.79 Å². The second-order valence-corrected chi connectivity index (χ2v) is 38.6. The summed E-state index contributed by atoms with van der Waals surface area (Å²) in [6.07, 6.45) is 0. The summed E-state index contributed by atoms with van der Waals surface area (Å²) in [6.45, 7) is 9.00. The minimum atomic E-state index is -1.48. The highest BCUT2D eigenvalue weighted by atomic mass is 28.3. The molecule has 0 N–H and O–H groups in total. The van der Waals surface area contributed by atoms with Gasteiger partial charge in [-0.15, -0.1) is 5.54 Å². The Morgan fingerprint density at radius 1 is 0.172 bits per heavy atom. The maximum Gasteiger partial charge on any atom is 0.338 e. The summed E-state index contributed by atoms with van der Waals surface area (Å²) in [4.78, 5) is 12.7. The van der Waals surface area contributed by atoms with Crippen molar-refractivity contribution in [3.8, 4) is 189 Å². The molecule has 5 nitrogen and oxygen atoms in total. The number of rotatable bonds is 10. The SMILES string of the molecule is COCCOCCOCCOC(=O)c1cccc(C#Cc2cccc(C#Cc3cccc(C#Cc4cccc(C#Cc5cccc(C#Cc6cccc(C#Cc7cccc(C#Cc8cccc(C#Cc9cccc(C#Cc%10cccc(C#Cc%11cccc(C#Cc%12cccc(C#Cc%13cccc(C#Cc%14cccc(C#Cc%15cccc(C#Cc%16cccc(C#C[Si](C)(C)C)c%16)c%15)c%14)c%13)c%12)c%11)c%10)c9)c8)c7)c6)c5)c4)c3)c2)c1. The fourth-order valence-electron chi connectivity index (χ4n) is 14.0. The van der Waals surface area contributed by atoms with Crippen LogP contribution in [0, 0.1) is 189 Å². The van der Waals surface area contributed by atoms with E-state index in [0.29, 0.717) is 37.6 Å². The number of hydrogen-bond donors (Lipinski definition) is 0. The van der Waals surface area contributed by atoms with Gasteiger partial charge >= 0.3 is 5.97 Å². The summed E-state index contributed by atoms with van der Waals surface area (Å²) in [7, 11) is 0.142. The molecule has 16 rings (SSSR count). The van der Waals surface area contributed by atoms with Crippen LogP contribution < -0.4 is 0 Å². The van der Waals surface area contributed by atoms with Gasteiger partial charge in [-0.05, 0) is 291 Å². The molecule has 16 aromatic carbocycles. The lowest BCUT2D eigenvalue weighted by Crippen LogP contribution is -2.16. The Hall–Kier alpha value is -20.0. The summed E-state index contributed by atoms with van der Waals surface area (Å²) in [5, 5.41) is 0. The van der Waals surface area contributed by atoms with Crippen LogP contribution >= 0.6 is 0 Å². The molecule has 0 unspecified atom stereocenters. The second kappa shape index (κ2) is 51.5. The molecule has 16 aromatic rings. The average Bonchev–Trinajstić information content (AvgIpc) is 0.873. The van der Waals surface area contributed by atoms with Gasteiger partial charge in [0.25, 0.3) is 0 Å². The van der Waals surface area contributed by atoms with E-state index in [4.69, 9.17) is 18.9 Å². The van der Waals surface area contributed by atoms with Crippen molar-refractivity contribution in [1.82, 2.24) is 0 Å². The van der Waals surface area contributed by atoms with Crippen molar-refractivity contribution in [2.45, 2.75) is 19.6 Å². The first-order valence-electron chi connectivity index (χ1n) is 46.9. The highest BCUT2D eigenvalue weighted by Gasteiger charge is 2.11. The molecule has 0 aliphatic carbocycles. The van der Waals surface area contributed by atoms with Crippen LogP contribution in [0.25, 0.3) is 0 Å². The third-order valence-electron chi connectivity index (χ3n) is 21.2. The van der Waals surface area contributed by atoms with Crippen molar-refractivity contribution in [2.75, 3.05) is 46.8 Å². The van der Waals surface area contributed by atoms with Gasteiger partial charge in [0, 0.05) is 180 Å². The minimum Gasteiger partial charge on any atom is -0.460 e. The van der Waals surface area contributed by atoms with Gasteiger partial charge in [0.15, 0.2) is 0 Å². The zero-order chi connectivity index (χ0) is 99.5. The first-order chi connectivity index (χ1) is 71.2. The van der Waals surface area contributed by atoms with Crippen molar-refractivity contribution in [3.63, 3.8) is 0 Å². The molecule has 0 aliphatic heterocycles. The zero-order valence-corrected chi connectivity index (χ0v) is 81.2. The first kappa shape index (κ1) is 98.1. The van der Waals surface area contributed by atoms with Crippen molar-refractivity contribution in [3.05, 3.63) is 566 Å². The van der Waals surface area contributed by atoms with Crippen molar-refractivity contribution < 1.29 is 23.7 Å². The van der Waals surface area contributed by atoms with E-state index in [1.807, 2.05) is 370 Å². The van der Waals surface area contributed by atoms with Crippen LogP contribution in [0.5, 0.6) is 0 Å². The van der Waals surface area contributed by atoms with Crippen LogP contribution in [0.15, 0.2) is 388 Å². The second-order valence-electron chi connectivity index (χ2n) is 33.9. The highest BCUT2D eigenvalue weighted by Crippen LogP contribution is 2.19. The molecule has 678 valence electrons. The molecule has 0 radical (unpaired) electrons. The molecule has 0 aromatic heterocycles. The molecular weight excluding hydrogens is 1780 g/mol. The fourth-order valence-corrected chi connectivity index (χ4v) is 14.5. The van der Waals surface area contributed by atoms with Crippen LogP contribution in [0.4, 0.5) is 0 Å². The van der Waals surface area contributed by atoms with Gasteiger partial charge in [-0.1, -0.05) is 300 Å². The minimum absolute atomic E-state index is 0.130. The van der Waals surface area contributed by atoms with Crippen LogP contribution in [-0.4, -0.2) is 60.8 Å². The maximum absolute atomic E-state index is 12.7. The zero-order valence-electron chi connectivity index (χ0n) is 80.2. The van der Waals surface area contributed by atoms with Gasteiger partial charge in [0.1, 0.15) is 14.7 Å². The van der Waals surface area contributed by atoms with E-state index < -0.39 is 14.0 Å². The molecule has 0 aliphatic rings. The summed E-state index contributed by atoms with van der Waals surface area (Å²) in [5.74, 6) is 102. The third-order valence-corrected chi connectivity index (χ3v) is 22.0. The number of carbonyl (C=O) groups is 1. The molecule has 0 bridgehead atoms. The average molecular weight is 1870 g/mol. The van der Waals surface area contributed by atoms with Gasteiger partial charge in [-0.3, -0.25) is 0 Å². The Morgan fingerprint density at radius 2 is 0.297 bits per heavy atom. The Kier molecular flexibility index (Phi) is 34.8. The molecule has 0 saturated carbocycles. The molecule has 6 heteroatoms. The number of carbonyl (C=O) groups excluding carboxylic acids is 1. The predicted molar refractivity (Wildman–Crippen MR) is 587 cm³/mol. The number of methoxy groups -OCH3 is 1. The molecule has 0 amide bonds. The Balaban J connectivity index is 0.477. The lowest BCUT2D eigenvalue weighted by molar-refractivity contribution is 0.00570. The third kappa shape index (κ3) is 33.2. The van der Waals surface area contributed by atoms with Crippen LogP contribution in [0.2, 0.25) is 19.6 Å². The summed E-state index contributed by atoms with van der Waals surface area (Å²) >= 11 is 0. The van der Waals surface area contributed by atoms with Crippen LogP contribution in [0.3, 0.4) is 0 Å². The fraction of sp³-hybridized carbons (Fsp3) is 0.0719. The molecule has 0 spiro atoms. The molecule has 0 atom stereocenters. The molecule has 0 heterocycles. The van der Waals surface area contributed by atoms with Crippen LogP contribution in [0.1, 0.15) is 183 Å². The summed E-state index contributed by atoms with van der Waals surface area (Å²) < 4.78 is 21.2. The normalized spacial score (nSPS) is 9.74. The van der Waals surface area contributed by atoms with Crippen molar-refractivity contribution >= 4 is 14.0 Å². The van der Waals surface area contributed by atoms with Gasteiger partial charge in [0.05, 0.1) is 38.6 Å². The number of esters is 1. The van der Waals surface area contributed by atoms with Crippen LogP contribution in [-0.2, 0) is 18.9 Å². The monoisotopic (exact) mass is 1860 g/mol. The summed E-state index contributed by atoms with van der Waals surface area (Å²) in [6, 6.07) is 126. The number of benzene rings is 16. The van der Waals surface area contributed by atoms with Crippen molar-refractivity contribution in [1.29, 1.82) is 0 Å². The largest absolute Gasteiger partial charge is 0.460 e. The Morgan fingerprint density at radius 3 is 0.441 bits per heavy atom. The molecule has 145 heavy (non-hydrogen) atoms. The van der Waals surface area contributed by atoms with E-state index in [1.54, 1.807) is 25.3 Å². The molecule has 0 fully saturated rings. The standard InChI is InChI=1S/C139H88O5Si/c1-141-84-85-142-86-87-143-88-89-144-139(140)138-52-20-51-136(106-138)82-81-134-48-18-47-132(104-134)78-77-130-44-16-43-128(102-130)74-73-126-40-14-39-124(100-126)70-69-122-36-12-35-120(98-122)66-65-118-32-10-31-116(96-118)62-61-114-28-8-27-112(94-114)58-57-110-24-6-23-108(92-110)54-53-107-21-5-22-109(91-107)55-56-111-25-7-26-113(93-111)59-60-115-29-9-30-117(95-115)63-64-119-33-11-34-121(97-119)67-68-123-37-13-38-125(99-123)71-72-127-41-15-42-129(101-127)75-76-131-45-17-46-133(103-131)79-80-135-49-19-50-137(105-135)83-90-145(2,3)4/h5-52,91-106H,84-89H2,1-4H3. The lowest BCUT2D eigenvalue weighted by Gasteiger charge is -2.07. The van der Waals surface area contributed by atoms with E-state index in [-0.39, 0.29) is 13.2 Å². The Bertz CT molecular complexity index is 8490. The highest BCUT2D eigenvalue weighted by molar-refractivity contribution is 6.83. The number of ether oxygens (including phenoxy) is 4. The topological polar surface area (TPSA) is 54.0 Å². The number of hydrogen-bond acceptors (Lipinski definition) is 5. The Labute approximate surface area is 853 Å². The van der Waals surface area contributed by atoms with Gasteiger partial charge in [-0.25, -0.2) is 4.79 Å². The van der Waals surface area contributed by atoms with E-state index in [2.05, 4.69) is 209 Å². The maximum atomic E-state index is 12.7. The predicted octanol–water partition coefficient (Wildman–Crippen LogP) is 23.7. The van der Waals surface area contributed by atoms with E-state index >= 15 is 0 Å².